The highest BCUT2D eigenvalue weighted by Crippen LogP contribution is 2.36. The molecule has 172 valence electrons. The molecular weight excluding hydrogens is 479 g/mol. The third-order valence-corrected chi connectivity index (χ3v) is 6.23. The van der Waals surface area contributed by atoms with Crippen molar-refractivity contribution in [1.82, 2.24) is 19.3 Å². The smallest absolute Gasteiger partial charge is 0.332 e. The van der Waals surface area contributed by atoms with Gasteiger partial charge in [0.25, 0.3) is 10.0 Å². The zero-order valence-corrected chi connectivity index (χ0v) is 18.4. The molecule has 0 amide bonds. The van der Waals surface area contributed by atoms with Gasteiger partial charge in [0.1, 0.15) is 15.7 Å². The lowest BCUT2D eigenvalue weighted by Gasteiger charge is -2.15. The Morgan fingerprint density at radius 3 is 2.61 bits per heavy atom. The standard InChI is InChI=1S/C20H16ClFN4O6S/c1-23-20(32-16(29)7-6-15(27)28)14-11-26(33(30,31)12-4-2-8-24-10-12)18(17(14)22)13-5-3-9-25-19(13)21/h2-11,20,23H,1H3,(H,27,28)/b7-6+. The fraction of sp³-hybridized carbons (Fsp3) is 0.100. The first kappa shape index (κ1) is 24.0. The molecule has 0 spiro atoms. The Hall–Kier alpha value is -3.61. The number of esters is 1. The SMILES string of the molecule is CNC(OC(=O)/C=C/C(=O)O)c1cn(S(=O)(=O)c2cccnc2)c(-c2cccnc2Cl)c1F. The molecule has 13 heteroatoms. The second kappa shape index (κ2) is 9.90. The summed E-state index contributed by atoms with van der Waals surface area (Å²) < 4.78 is 48.0. The number of nitrogens with zero attached hydrogens (tertiary/aromatic N) is 3. The van der Waals surface area contributed by atoms with Crippen molar-refractivity contribution < 1.29 is 32.2 Å². The lowest BCUT2D eigenvalue weighted by molar-refractivity contribution is -0.145. The number of hydrogen-bond donors (Lipinski definition) is 2. The van der Waals surface area contributed by atoms with Crippen LogP contribution >= 0.6 is 11.6 Å². The number of aromatic nitrogens is 3. The number of pyridine rings is 2. The van der Waals surface area contributed by atoms with Gasteiger partial charge in [0.05, 0.1) is 5.56 Å². The maximum atomic E-state index is 15.7. The molecular formula is C20H16ClFN4O6S. The lowest BCUT2D eigenvalue weighted by atomic mass is 10.1. The first-order chi connectivity index (χ1) is 15.7. The maximum Gasteiger partial charge on any atom is 0.332 e. The van der Waals surface area contributed by atoms with Gasteiger partial charge >= 0.3 is 11.9 Å². The van der Waals surface area contributed by atoms with Crippen LogP contribution in [0.4, 0.5) is 4.39 Å². The molecule has 3 rings (SSSR count). The van der Waals surface area contributed by atoms with Gasteiger partial charge in [-0.05, 0) is 31.3 Å². The zero-order valence-electron chi connectivity index (χ0n) is 16.8. The predicted octanol–water partition coefficient (Wildman–Crippen LogP) is 2.38. The van der Waals surface area contributed by atoms with Crippen LogP contribution in [0, 0.1) is 5.82 Å². The summed E-state index contributed by atoms with van der Waals surface area (Å²) in [5, 5.41) is 11.0. The van der Waals surface area contributed by atoms with Crippen LogP contribution in [-0.4, -0.2) is 46.5 Å². The molecule has 0 saturated heterocycles. The first-order valence-electron chi connectivity index (χ1n) is 9.13. The number of hydrogen-bond acceptors (Lipinski definition) is 8. The predicted molar refractivity (Wildman–Crippen MR) is 114 cm³/mol. The van der Waals surface area contributed by atoms with Crippen LogP contribution in [0.3, 0.4) is 0 Å². The Bertz CT molecular complexity index is 1330. The summed E-state index contributed by atoms with van der Waals surface area (Å²) in [6, 6.07) is 5.50. The third kappa shape index (κ3) is 5.08. The molecule has 0 saturated carbocycles. The zero-order chi connectivity index (χ0) is 24.2. The number of halogens is 2. The van der Waals surface area contributed by atoms with E-state index in [1.807, 2.05) is 0 Å². The van der Waals surface area contributed by atoms with Crippen LogP contribution in [0.25, 0.3) is 11.3 Å². The Balaban J connectivity index is 2.20. The number of carbonyl (C=O) groups excluding carboxylic acids is 1. The topological polar surface area (TPSA) is 140 Å². The van der Waals surface area contributed by atoms with Gasteiger partial charge in [-0.3, -0.25) is 10.3 Å². The first-order valence-corrected chi connectivity index (χ1v) is 10.9. The summed E-state index contributed by atoms with van der Waals surface area (Å²) in [7, 11) is -3.02. The number of nitrogens with one attached hydrogen (secondary N) is 1. The van der Waals surface area contributed by atoms with Crippen LogP contribution in [0.5, 0.6) is 0 Å². The molecule has 1 unspecified atom stereocenters. The van der Waals surface area contributed by atoms with E-state index in [-0.39, 0.29) is 21.2 Å². The number of carboxylic acids is 1. The van der Waals surface area contributed by atoms with E-state index in [0.29, 0.717) is 16.1 Å². The molecule has 10 nitrogen and oxygen atoms in total. The van der Waals surface area contributed by atoms with Crippen LogP contribution in [0.15, 0.2) is 66.1 Å². The minimum absolute atomic E-state index is 0.0256. The van der Waals surface area contributed by atoms with Crippen molar-refractivity contribution in [3.8, 4) is 11.3 Å². The van der Waals surface area contributed by atoms with Crippen LogP contribution < -0.4 is 5.32 Å². The Labute approximate surface area is 192 Å². The second-order valence-electron chi connectivity index (χ2n) is 6.36. The minimum Gasteiger partial charge on any atom is -0.478 e. The van der Waals surface area contributed by atoms with E-state index in [9.17, 15) is 18.0 Å². The van der Waals surface area contributed by atoms with Gasteiger partial charge in [-0.2, -0.15) is 0 Å². The number of ether oxygens (including phenoxy) is 1. The van der Waals surface area contributed by atoms with Crippen molar-refractivity contribution in [3.63, 3.8) is 0 Å². The molecule has 0 aromatic carbocycles. The van der Waals surface area contributed by atoms with E-state index in [1.54, 1.807) is 0 Å². The van der Waals surface area contributed by atoms with Gasteiger partial charge in [-0.25, -0.2) is 31.4 Å². The number of aliphatic carboxylic acids is 1. The summed E-state index contributed by atoms with van der Waals surface area (Å²) >= 11 is 6.11. The molecule has 0 bridgehead atoms. The Morgan fingerprint density at radius 1 is 1.27 bits per heavy atom. The van der Waals surface area contributed by atoms with Crippen molar-refractivity contribution in [2.75, 3.05) is 7.05 Å². The van der Waals surface area contributed by atoms with Gasteiger partial charge in [0.2, 0.25) is 0 Å². The van der Waals surface area contributed by atoms with Gasteiger partial charge < -0.3 is 9.84 Å². The van der Waals surface area contributed by atoms with E-state index in [2.05, 4.69) is 15.3 Å². The molecule has 0 aliphatic carbocycles. The molecule has 0 fully saturated rings. The molecule has 33 heavy (non-hydrogen) atoms. The van der Waals surface area contributed by atoms with Crippen molar-refractivity contribution >= 4 is 33.6 Å². The fourth-order valence-corrected chi connectivity index (χ4v) is 4.39. The van der Waals surface area contributed by atoms with Gasteiger partial charge in [0, 0.05) is 42.5 Å². The Morgan fingerprint density at radius 2 is 2.00 bits per heavy atom. The van der Waals surface area contributed by atoms with E-state index in [4.69, 9.17) is 21.4 Å². The summed E-state index contributed by atoms with van der Waals surface area (Å²) in [6.45, 7) is 0. The summed E-state index contributed by atoms with van der Waals surface area (Å²) in [5.74, 6) is -3.53. The van der Waals surface area contributed by atoms with Gasteiger partial charge in [-0.1, -0.05) is 11.6 Å². The molecule has 0 aliphatic rings. The molecule has 3 aromatic heterocycles. The Kier molecular flexibility index (Phi) is 7.21. The van der Waals surface area contributed by atoms with E-state index >= 15 is 4.39 Å². The average molecular weight is 495 g/mol. The van der Waals surface area contributed by atoms with Crippen molar-refractivity contribution in [2.45, 2.75) is 11.1 Å². The largest absolute Gasteiger partial charge is 0.478 e. The van der Waals surface area contributed by atoms with E-state index < -0.39 is 39.7 Å². The third-order valence-electron chi connectivity index (χ3n) is 4.28. The van der Waals surface area contributed by atoms with E-state index in [0.717, 1.165) is 12.4 Å². The molecule has 0 aliphatic heterocycles. The number of rotatable bonds is 8. The molecule has 0 radical (unpaired) electrons. The van der Waals surface area contributed by atoms with Crippen LogP contribution in [-0.2, 0) is 24.3 Å². The van der Waals surface area contributed by atoms with Crippen molar-refractivity contribution in [1.29, 1.82) is 0 Å². The van der Waals surface area contributed by atoms with Gasteiger partial charge in [-0.15, -0.1) is 0 Å². The molecule has 3 aromatic rings. The summed E-state index contributed by atoms with van der Waals surface area (Å²) in [6.07, 6.45) is 4.47. The minimum atomic E-state index is -4.36. The summed E-state index contributed by atoms with van der Waals surface area (Å²) in [4.78, 5) is 30.0. The number of carbonyl (C=O) groups is 2. The quantitative estimate of drug-likeness (QED) is 0.209. The van der Waals surface area contributed by atoms with E-state index in [1.165, 1.54) is 43.7 Å². The summed E-state index contributed by atoms with van der Waals surface area (Å²) in [5.41, 5.74) is -0.816. The van der Waals surface area contributed by atoms with Gasteiger partial charge in [0.15, 0.2) is 12.0 Å². The second-order valence-corrected chi connectivity index (χ2v) is 8.53. The van der Waals surface area contributed by atoms with Crippen LogP contribution in [0.1, 0.15) is 11.8 Å². The highest BCUT2D eigenvalue weighted by Gasteiger charge is 2.31. The molecule has 1 atom stereocenters. The molecule has 2 N–H and O–H groups in total. The highest BCUT2D eigenvalue weighted by atomic mass is 35.5. The van der Waals surface area contributed by atoms with Crippen LogP contribution in [0.2, 0.25) is 5.15 Å². The average Bonchev–Trinajstić information content (AvgIpc) is 3.14. The fourth-order valence-electron chi connectivity index (χ4n) is 2.84. The lowest BCUT2D eigenvalue weighted by Crippen LogP contribution is -2.23. The monoisotopic (exact) mass is 494 g/mol. The van der Waals surface area contributed by atoms with Crippen molar-refractivity contribution in [3.05, 3.63) is 77.7 Å². The molecule has 3 heterocycles. The van der Waals surface area contributed by atoms with Crippen molar-refractivity contribution in [2.24, 2.45) is 0 Å². The highest BCUT2D eigenvalue weighted by molar-refractivity contribution is 7.90. The maximum absolute atomic E-state index is 15.7. The number of carboxylic acid groups (broad SMARTS) is 1. The normalized spacial score (nSPS) is 12.6.